The first-order valence-corrected chi connectivity index (χ1v) is 5.05. The van der Waals surface area contributed by atoms with Crippen molar-refractivity contribution in [3.05, 3.63) is 39.1 Å². The number of nitrogens with zero attached hydrogens (tertiary/aromatic N) is 1. The summed E-state index contributed by atoms with van der Waals surface area (Å²) in [6.07, 6.45) is 0. The first kappa shape index (κ1) is 11.5. The maximum absolute atomic E-state index is 11.8. The standard InChI is InChI=1S/C11H8ClNO4/c1-13-9(14)6-3-2-5(12)4-7(6)8(10(13)15)11(16)17/h2-4,15H,1H3,(H,16,17). The van der Waals surface area contributed by atoms with Crippen LogP contribution in [0.1, 0.15) is 10.4 Å². The fraction of sp³-hybridized carbons (Fsp3) is 0.0909. The zero-order valence-corrected chi connectivity index (χ0v) is 9.52. The van der Waals surface area contributed by atoms with E-state index in [4.69, 9.17) is 16.7 Å². The van der Waals surface area contributed by atoms with E-state index < -0.39 is 17.4 Å². The number of fused-ring (bicyclic) bond motifs is 1. The molecule has 0 saturated carbocycles. The molecule has 0 unspecified atom stereocenters. The van der Waals surface area contributed by atoms with E-state index >= 15 is 0 Å². The summed E-state index contributed by atoms with van der Waals surface area (Å²) >= 11 is 5.76. The van der Waals surface area contributed by atoms with Crippen LogP contribution in [-0.2, 0) is 7.05 Å². The minimum absolute atomic E-state index is 0.130. The summed E-state index contributed by atoms with van der Waals surface area (Å²) in [4.78, 5) is 22.9. The maximum atomic E-state index is 11.8. The number of aromatic carboxylic acids is 1. The molecule has 1 heterocycles. The van der Waals surface area contributed by atoms with Crippen LogP contribution < -0.4 is 5.56 Å². The molecular weight excluding hydrogens is 246 g/mol. The Morgan fingerprint density at radius 2 is 2.00 bits per heavy atom. The van der Waals surface area contributed by atoms with Crippen LogP contribution in [0.25, 0.3) is 10.8 Å². The van der Waals surface area contributed by atoms with E-state index in [2.05, 4.69) is 0 Å². The van der Waals surface area contributed by atoms with E-state index in [1.165, 1.54) is 25.2 Å². The van der Waals surface area contributed by atoms with Gasteiger partial charge >= 0.3 is 5.97 Å². The SMILES string of the molecule is Cn1c(O)c(C(=O)O)c2cc(Cl)ccc2c1=O. The lowest BCUT2D eigenvalue weighted by Gasteiger charge is -2.09. The van der Waals surface area contributed by atoms with Gasteiger partial charge < -0.3 is 10.2 Å². The van der Waals surface area contributed by atoms with Crippen molar-refractivity contribution in [2.75, 3.05) is 0 Å². The highest BCUT2D eigenvalue weighted by molar-refractivity contribution is 6.31. The number of aromatic nitrogens is 1. The molecule has 5 nitrogen and oxygen atoms in total. The minimum atomic E-state index is -1.31. The van der Waals surface area contributed by atoms with Gasteiger partial charge in [0.05, 0.1) is 0 Å². The predicted octanol–water partition coefficient (Wildman–Crippen LogP) is 1.60. The van der Waals surface area contributed by atoms with Crippen LogP contribution >= 0.6 is 11.6 Å². The smallest absolute Gasteiger partial charge is 0.341 e. The van der Waals surface area contributed by atoms with Gasteiger partial charge in [0.15, 0.2) is 0 Å². The molecule has 0 aliphatic carbocycles. The van der Waals surface area contributed by atoms with E-state index in [1.54, 1.807) is 0 Å². The summed E-state index contributed by atoms with van der Waals surface area (Å²) in [5.41, 5.74) is -0.802. The zero-order chi connectivity index (χ0) is 12.7. The fourth-order valence-electron chi connectivity index (χ4n) is 1.69. The molecule has 0 bridgehead atoms. The van der Waals surface area contributed by atoms with Gasteiger partial charge in [-0.3, -0.25) is 9.36 Å². The van der Waals surface area contributed by atoms with E-state index in [0.29, 0.717) is 5.02 Å². The van der Waals surface area contributed by atoms with Crippen molar-refractivity contribution in [1.82, 2.24) is 4.57 Å². The molecule has 2 N–H and O–H groups in total. The maximum Gasteiger partial charge on any atom is 0.341 e. The molecule has 2 aromatic rings. The molecular formula is C11H8ClNO4. The summed E-state index contributed by atoms with van der Waals surface area (Å²) in [6, 6.07) is 4.28. The Hall–Kier alpha value is -2.01. The summed E-state index contributed by atoms with van der Waals surface area (Å²) in [5, 5.41) is 19.4. The topological polar surface area (TPSA) is 79.5 Å². The molecule has 0 spiro atoms. The molecule has 0 atom stereocenters. The van der Waals surface area contributed by atoms with Crippen molar-refractivity contribution in [1.29, 1.82) is 0 Å². The molecule has 17 heavy (non-hydrogen) atoms. The van der Waals surface area contributed by atoms with Crippen molar-refractivity contribution in [2.24, 2.45) is 7.05 Å². The fourth-order valence-corrected chi connectivity index (χ4v) is 1.86. The number of hydrogen-bond acceptors (Lipinski definition) is 3. The Kier molecular flexibility index (Phi) is 2.55. The molecule has 0 aliphatic heterocycles. The molecule has 1 aromatic heterocycles. The van der Waals surface area contributed by atoms with Crippen LogP contribution in [-0.4, -0.2) is 20.7 Å². The second-order valence-electron chi connectivity index (χ2n) is 3.56. The number of halogens is 1. The second-order valence-corrected chi connectivity index (χ2v) is 3.99. The Bertz CT molecular complexity index is 690. The lowest BCUT2D eigenvalue weighted by molar-refractivity contribution is 0.0694. The number of carboxylic acid groups (broad SMARTS) is 1. The average molecular weight is 254 g/mol. The summed E-state index contributed by atoms with van der Waals surface area (Å²) in [5.74, 6) is -1.90. The first-order chi connectivity index (χ1) is 7.93. The van der Waals surface area contributed by atoms with E-state index in [-0.39, 0.29) is 16.3 Å². The van der Waals surface area contributed by atoms with Crippen LogP contribution in [0.2, 0.25) is 5.02 Å². The molecule has 0 amide bonds. The lowest BCUT2D eigenvalue weighted by Crippen LogP contribution is -2.19. The zero-order valence-electron chi connectivity index (χ0n) is 8.77. The number of benzene rings is 1. The summed E-state index contributed by atoms with van der Waals surface area (Å²) in [6.45, 7) is 0. The number of hydrogen-bond donors (Lipinski definition) is 2. The molecule has 2 rings (SSSR count). The minimum Gasteiger partial charge on any atom is -0.494 e. The third kappa shape index (κ3) is 1.64. The van der Waals surface area contributed by atoms with Gasteiger partial charge in [-0.1, -0.05) is 11.6 Å². The average Bonchev–Trinajstić information content (AvgIpc) is 2.25. The molecule has 0 saturated heterocycles. The van der Waals surface area contributed by atoms with Gasteiger partial charge in [-0.15, -0.1) is 0 Å². The highest BCUT2D eigenvalue weighted by Crippen LogP contribution is 2.26. The van der Waals surface area contributed by atoms with E-state index in [1.807, 2.05) is 0 Å². The van der Waals surface area contributed by atoms with Crippen LogP contribution in [0.5, 0.6) is 5.88 Å². The Morgan fingerprint density at radius 3 is 2.59 bits per heavy atom. The van der Waals surface area contributed by atoms with E-state index in [0.717, 1.165) is 4.57 Å². The van der Waals surface area contributed by atoms with Crippen molar-refractivity contribution in [2.45, 2.75) is 0 Å². The number of rotatable bonds is 1. The molecule has 6 heteroatoms. The predicted molar refractivity (Wildman–Crippen MR) is 62.8 cm³/mol. The summed E-state index contributed by atoms with van der Waals surface area (Å²) < 4.78 is 0.889. The third-order valence-electron chi connectivity index (χ3n) is 2.54. The molecule has 0 radical (unpaired) electrons. The van der Waals surface area contributed by atoms with Crippen molar-refractivity contribution in [3.8, 4) is 5.88 Å². The van der Waals surface area contributed by atoms with Crippen LogP contribution in [0.3, 0.4) is 0 Å². The number of aromatic hydroxyl groups is 1. The Morgan fingerprint density at radius 1 is 1.35 bits per heavy atom. The van der Waals surface area contributed by atoms with Crippen molar-refractivity contribution in [3.63, 3.8) is 0 Å². The second kappa shape index (κ2) is 3.78. The van der Waals surface area contributed by atoms with Gasteiger partial charge in [0.25, 0.3) is 5.56 Å². The van der Waals surface area contributed by atoms with E-state index in [9.17, 15) is 14.7 Å². The van der Waals surface area contributed by atoms with Crippen molar-refractivity contribution < 1.29 is 15.0 Å². The highest BCUT2D eigenvalue weighted by atomic mass is 35.5. The van der Waals surface area contributed by atoms with Crippen LogP contribution in [0.4, 0.5) is 0 Å². The van der Waals surface area contributed by atoms with Gasteiger partial charge in [0.2, 0.25) is 5.88 Å². The molecule has 88 valence electrons. The lowest BCUT2D eigenvalue weighted by atomic mass is 10.1. The number of carbonyl (C=O) groups is 1. The first-order valence-electron chi connectivity index (χ1n) is 4.68. The monoisotopic (exact) mass is 253 g/mol. The van der Waals surface area contributed by atoms with Gasteiger partial charge in [0.1, 0.15) is 5.56 Å². The van der Waals surface area contributed by atoms with Gasteiger partial charge in [-0.2, -0.15) is 0 Å². The van der Waals surface area contributed by atoms with Crippen LogP contribution in [0, 0.1) is 0 Å². The Balaban J connectivity index is 3.10. The molecule has 1 aromatic carbocycles. The molecule has 0 aliphatic rings. The third-order valence-corrected chi connectivity index (χ3v) is 2.78. The van der Waals surface area contributed by atoms with Gasteiger partial charge in [-0.05, 0) is 18.2 Å². The Labute approximate surface area is 100 Å². The van der Waals surface area contributed by atoms with Gasteiger partial charge in [0, 0.05) is 22.8 Å². The highest BCUT2D eigenvalue weighted by Gasteiger charge is 2.19. The van der Waals surface area contributed by atoms with Crippen molar-refractivity contribution >= 4 is 28.3 Å². The molecule has 0 fully saturated rings. The largest absolute Gasteiger partial charge is 0.494 e. The summed E-state index contributed by atoms with van der Waals surface area (Å²) in [7, 11) is 1.30. The van der Waals surface area contributed by atoms with Crippen LogP contribution in [0.15, 0.2) is 23.0 Å². The normalized spacial score (nSPS) is 10.7. The number of pyridine rings is 1. The quantitative estimate of drug-likeness (QED) is 0.809. The number of carboxylic acids is 1. The van der Waals surface area contributed by atoms with Gasteiger partial charge in [-0.25, -0.2) is 4.79 Å².